The molecule has 3 rings (SSSR count). The summed E-state index contributed by atoms with van der Waals surface area (Å²) >= 11 is 0. The van der Waals surface area contributed by atoms with Gasteiger partial charge in [0.05, 0.1) is 0 Å². The van der Waals surface area contributed by atoms with Crippen LogP contribution in [0, 0.1) is 0 Å². The zero-order valence-electron chi connectivity index (χ0n) is 12.2. The molecule has 1 nitrogen and oxygen atoms in total. The van der Waals surface area contributed by atoms with Crippen molar-refractivity contribution in [3.63, 3.8) is 0 Å². The van der Waals surface area contributed by atoms with Gasteiger partial charge in [0.25, 0.3) is 0 Å². The van der Waals surface area contributed by atoms with Crippen LogP contribution in [0.5, 0.6) is 0 Å². The van der Waals surface area contributed by atoms with Gasteiger partial charge in [-0.1, -0.05) is 49.4 Å². The molecule has 0 aliphatic carbocycles. The van der Waals surface area contributed by atoms with Gasteiger partial charge in [0, 0.05) is 18.9 Å². The molecule has 0 bridgehead atoms. The summed E-state index contributed by atoms with van der Waals surface area (Å²) in [6, 6.07) is 19.7. The lowest BCUT2D eigenvalue weighted by atomic mass is 9.91. The molecule has 3 aromatic rings. The molecule has 2 aromatic carbocycles. The molecule has 0 aliphatic rings. The van der Waals surface area contributed by atoms with E-state index < -0.39 is 0 Å². The topological polar surface area (TPSA) is 4.93 Å². The lowest BCUT2D eigenvalue weighted by Gasteiger charge is -2.15. The van der Waals surface area contributed by atoms with Crippen molar-refractivity contribution in [1.29, 1.82) is 0 Å². The van der Waals surface area contributed by atoms with E-state index >= 15 is 0 Å². The zero-order valence-corrected chi connectivity index (χ0v) is 12.2. The van der Waals surface area contributed by atoms with Gasteiger partial charge < -0.3 is 4.57 Å². The molecule has 0 unspecified atom stereocenters. The maximum absolute atomic E-state index is 2.34. The fourth-order valence-electron chi connectivity index (χ4n) is 2.96. The van der Waals surface area contributed by atoms with Crippen LogP contribution in [0.1, 0.15) is 30.5 Å². The Labute approximate surface area is 120 Å². The third-order valence-corrected chi connectivity index (χ3v) is 4.24. The molecule has 1 atom stereocenters. The second-order valence-corrected chi connectivity index (χ2v) is 5.62. The van der Waals surface area contributed by atoms with Crippen molar-refractivity contribution < 1.29 is 0 Å². The number of rotatable bonds is 4. The van der Waals surface area contributed by atoms with Crippen molar-refractivity contribution in [2.45, 2.75) is 25.7 Å². The molecule has 1 heterocycles. The molecule has 0 N–H and O–H groups in total. The molecule has 0 amide bonds. The summed E-state index contributed by atoms with van der Waals surface area (Å²) in [4.78, 5) is 0. The van der Waals surface area contributed by atoms with Gasteiger partial charge in [0.1, 0.15) is 0 Å². The van der Waals surface area contributed by atoms with Crippen LogP contribution in [-0.2, 0) is 13.5 Å². The summed E-state index contributed by atoms with van der Waals surface area (Å²) < 4.78 is 2.22. The van der Waals surface area contributed by atoms with Crippen molar-refractivity contribution in [2.24, 2.45) is 7.05 Å². The van der Waals surface area contributed by atoms with E-state index in [2.05, 4.69) is 79.3 Å². The normalized spacial score (nSPS) is 12.7. The Morgan fingerprint density at radius 2 is 1.75 bits per heavy atom. The molecule has 1 heteroatoms. The first-order valence-electron chi connectivity index (χ1n) is 7.33. The minimum Gasteiger partial charge on any atom is -0.354 e. The van der Waals surface area contributed by atoms with Gasteiger partial charge in [0.15, 0.2) is 0 Å². The molecule has 102 valence electrons. The van der Waals surface area contributed by atoms with Crippen molar-refractivity contribution in [1.82, 2.24) is 4.57 Å². The number of hydrogen-bond acceptors (Lipinski definition) is 0. The summed E-state index contributed by atoms with van der Waals surface area (Å²) in [6.07, 6.45) is 4.44. The van der Waals surface area contributed by atoms with E-state index in [-0.39, 0.29) is 0 Å². The molecular weight excluding hydrogens is 242 g/mol. The third-order valence-electron chi connectivity index (χ3n) is 4.24. The quantitative estimate of drug-likeness (QED) is 0.630. The minimum atomic E-state index is 0.580. The number of fused-ring (bicyclic) bond motifs is 1. The maximum Gasteiger partial charge on any atom is 0.0171 e. The van der Waals surface area contributed by atoms with E-state index in [0.29, 0.717) is 5.92 Å². The van der Waals surface area contributed by atoms with Crippen LogP contribution < -0.4 is 0 Å². The Hall–Kier alpha value is -2.02. The number of aromatic nitrogens is 1. The van der Waals surface area contributed by atoms with Crippen LogP contribution in [0.2, 0.25) is 0 Å². The third kappa shape index (κ3) is 2.49. The number of benzene rings is 2. The van der Waals surface area contributed by atoms with E-state index in [1.807, 2.05) is 0 Å². The molecule has 0 fully saturated rings. The standard InChI is InChI=1S/C19H21N/c1-15(12-13-17-9-6-14-20(17)2)18-11-5-8-16-7-3-4-10-19(16)18/h3-11,14-15H,12-13H2,1-2H3/t15-/m0/s1. The van der Waals surface area contributed by atoms with Gasteiger partial charge in [-0.2, -0.15) is 0 Å². The summed E-state index contributed by atoms with van der Waals surface area (Å²) in [6.45, 7) is 2.34. The van der Waals surface area contributed by atoms with Gasteiger partial charge in [-0.3, -0.25) is 0 Å². The molecule has 0 saturated heterocycles. The Morgan fingerprint density at radius 3 is 2.55 bits per heavy atom. The van der Waals surface area contributed by atoms with E-state index in [4.69, 9.17) is 0 Å². The van der Waals surface area contributed by atoms with Crippen LogP contribution in [0.4, 0.5) is 0 Å². The van der Waals surface area contributed by atoms with Gasteiger partial charge in [-0.25, -0.2) is 0 Å². The fraction of sp³-hybridized carbons (Fsp3) is 0.263. The lowest BCUT2D eigenvalue weighted by Crippen LogP contribution is -2.00. The van der Waals surface area contributed by atoms with Gasteiger partial charge in [0.2, 0.25) is 0 Å². The number of nitrogens with zero attached hydrogens (tertiary/aromatic N) is 1. The first-order chi connectivity index (χ1) is 9.75. The van der Waals surface area contributed by atoms with Crippen molar-refractivity contribution in [3.05, 3.63) is 72.1 Å². The van der Waals surface area contributed by atoms with Crippen molar-refractivity contribution in [2.75, 3.05) is 0 Å². The smallest absolute Gasteiger partial charge is 0.0171 e. The SMILES string of the molecule is C[C@@H](CCc1cccn1C)c1cccc2ccccc12. The highest BCUT2D eigenvalue weighted by Crippen LogP contribution is 2.28. The minimum absolute atomic E-state index is 0.580. The average molecular weight is 263 g/mol. The van der Waals surface area contributed by atoms with Crippen molar-refractivity contribution in [3.8, 4) is 0 Å². The predicted octanol–water partition coefficient (Wildman–Crippen LogP) is 4.91. The largest absolute Gasteiger partial charge is 0.354 e. The first kappa shape index (κ1) is 13.0. The highest BCUT2D eigenvalue weighted by atomic mass is 14.9. The van der Waals surface area contributed by atoms with E-state index in [0.717, 1.165) is 6.42 Å². The molecule has 0 saturated carbocycles. The molecule has 1 aromatic heterocycles. The van der Waals surface area contributed by atoms with Gasteiger partial charge >= 0.3 is 0 Å². The molecular formula is C19H21N. The Balaban J connectivity index is 1.82. The molecule has 20 heavy (non-hydrogen) atoms. The second kappa shape index (κ2) is 5.54. The summed E-state index contributed by atoms with van der Waals surface area (Å²) in [5.41, 5.74) is 2.88. The van der Waals surface area contributed by atoms with Crippen LogP contribution in [0.25, 0.3) is 10.8 Å². The van der Waals surface area contributed by atoms with Crippen LogP contribution in [-0.4, -0.2) is 4.57 Å². The zero-order chi connectivity index (χ0) is 13.9. The molecule has 0 radical (unpaired) electrons. The Kier molecular flexibility index (Phi) is 3.60. The molecule has 0 aliphatic heterocycles. The van der Waals surface area contributed by atoms with Crippen LogP contribution in [0.15, 0.2) is 60.8 Å². The summed E-state index contributed by atoms with van der Waals surface area (Å²) in [7, 11) is 2.12. The van der Waals surface area contributed by atoms with Crippen LogP contribution in [0.3, 0.4) is 0 Å². The highest BCUT2D eigenvalue weighted by Gasteiger charge is 2.10. The average Bonchev–Trinajstić information content (AvgIpc) is 2.89. The summed E-state index contributed by atoms with van der Waals surface area (Å²) in [5, 5.41) is 2.74. The first-order valence-corrected chi connectivity index (χ1v) is 7.33. The maximum atomic E-state index is 2.34. The van der Waals surface area contributed by atoms with E-state index in [1.165, 1.54) is 28.5 Å². The van der Waals surface area contributed by atoms with E-state index in [1.54, 1.807) is 0 Å². The van der Waals surface area contributed by atoms with Crippen LogP contribution >= 0.6 is 0 Å². The summed E-state index contributed by atoms with van der Waals surface area (Å²) in [5.74, 6) is 0.580. The van der Waals surface area contributed by atoms with Gasteiger partial charge in [-0.15, -0.1) is 0 Å². The molecule has 0 spiro atoms. The fourth-order valence-corrected chi connectivity index (χ4v) is 2.96. The van der Waals surface area contributed by atoms with E-state index in [9.17, 15) is 0 Å². The van der Waals surface area contributed by atoms with Crippen molar-refractivity contribution >= 4 is 10.8 Å². The Bertz CT molecular complexity index is 703. The van der Waals surface area contributed by atoms with Gasteiger partial charge in [-0.05, 0) is 47.2 Å². The second-order valence-electron chi connectivity index (χ2n) is 5.62. The predicted molar refractivity (Wildman–Crippen MR) is 86.1 cm³/mol. The highest BCUT2D eigenvalue weighted by molar-refractivity contribution is 5.86. The lowest BCUT2D eigenvalue weighted by molar-refractivity contribution is 0.657. The number of aryl methyl sites for hydroxylation is 2. The number of hydrogen-bond donors (Lipinski definition) is 0. The monoisotopic (exact) mass is 263 g/mol. The Morgan fingerprint density at radius 1 is 0.950 bits per heavy atom.